The molecule has 3 rings (SSSR count). The van der Waals surface area contributed by atoms with E-state index in [2.05, 4.69) is 26.3 Å². The van der Waals surface area contributed by atoms with E-state index in [1.54, 1.807) is 12.1 Å². The molecule has 2 aromatic carbocycles. The van der Waals surface area contributed by atoms with Gasteiger partial charge in [0.05, 0.1) is 6.54 Å². The molecule has 0 radical (unpaired) electrons. The third-order valence-corrected chi connectivity index (χ3v) is 4.29. The summed E-state index contributed by atoms with van der Waals surface area (Å²) in [5, 5.41) is 12.5. The van der Waals surface area contributed by atoms with E-state index in [0.29, 0.717) is 30.3 Å². The van der Waals surface area contributed by atoms with Gasteiger partial charge in [-0.3, -0.25) is 20.4 Å². The van der Waals surface area contributed by atoms with Gasteiger partial charge in [-0.15, -0.1) is 10.2 Å². The second kappa shape index (κ2) is 9.59. The Morgan fingerprint density at radius 3 is 2.41 bits per heavy atom. The number of hydrogen-bond donors (Lipinski definition) is 2. The summed E-state index contributed by atoms with van der Waals surface area (Å²) < 4.78 is 0. The first-order chi connectivity index (χ1) is 14.0. The van der Waals surface area contributed by atoms with Crippen LogP contribution in [-0.4, -0.2) is 32.0 Å². The Kier molecular flexibility index (Phi) is 6.67. The summed E-state index contributed by atoms with van der Waals surface area (Å²) in [6, 6.07) is 16.7. The third kappa shape index (κ3) is 5.97. The molecule has 2 amide bonds. The van der Waals surface area contributed by atoms with E-state index in [0.717, 1.165) is 17.5 Å². The minimum absolute atomic E-state index is 0.199. The summed E-state index contributed by atoms with van der Waals surface area (Å²) >= 11 is 0. The number of nitrogens with one attached hydrogen (secondary N) is 2. The van der Waals surface area contributed by atoms with Crippen LogP contribution >= 0.6 is 0 Å². The van der Waals surface area contributed by atoms with Crippen LogP contribution in [0.4, 0.5) is 0 Å². The predicted octanol–water partition coefficient (Wildman–Crippen LogP) is 2.59. The number of carbonyl (C=O) groups excluding carboxylic acids is 2. The number of rotatable bonds is 7. The molecular weight excluding hydrogens is 368 g/mol. The zero-order chi connectivity index (χ0) is 20.6. The van der Waals surface area contributed by atoms with E-state index < -0.39 is 0 Å². The van der Waals surface area contributed by atoms with E-state index >= 15 is 0 Å². The Balaban J connectivity index is 1.53. The number of amides is 2. The predicted molar refractivity (Wildman–Crippen MR) is 108 cm³/mol. The van der Waals surface area contributed by atoms with Gasteiger partial charge in [0.25, 0.3) is 5.91 Å². The monoisotopic (exact) mass is 392 g/mol. The number of carbonyl (C=O) groups is 2. The number of tetrazole rings is 1. The van der Waals surface area contributed by atoms with Crippen molar-refractivity contribution < 1.29 is 9.59 Å². The molecule has 8 heteroatoms. The summed E-state index contributed by atoms with van der Waals surface area (Å²) in [5.41, 5.74) is 7.16. The van der Waals surface area contributed by atoms with Gasteiger partial charge in [0.1, 0.15) is 0 Å². The third-order valence-electron chi connectivity index (χ3n) is 4.29. The normalized spacial score (nSPS) is 10.7. The molecular formula is C21H24N6O2. The van der Waals surface area contributed by atoms with Crippen molar-refractivity contribution in [3.8, 4) is 11.4 Å². The molecule has 0 fully saturated rings. The minimum Gasteiger partial charge on any atom is -0.273 e. The summed E-state index contributed by atoms with van der Waals surface area (Å²) in [7, 11) is 0. The number of aromatic nitrogens is 4. The fourth-order valence-corrected chi connectivity index (χ4v) is 2.62. The highest BCUT2D eigenvalue weighted by Crippen LogP contribution is 2.12. The van der Waals surface area contributed by atoms with Crippen LogP contribution in [0.2, 0.25) is 0 Å². The van der Waals surface area contributed by atoms with Crippen molar-refractivity contribution in [2.45, 2.75) is 33.2 Å². The largest absolute Gasteiger partial charge is 0.273 e. The van der Waals surface area contributed by atoms with Crippen LogP contribution in [0.15, 0.2) is 54.6 Å². The van der Waals surface area contributed by atoms with Gasteiger partial charge < -0.3 is 0 Å². The van der Waals surface area contributed by atoms with Crippen molar-refractivity contribution in [2.75, 3.05) is 0 Å². The molecule has 0 aliphatic carbocycles. The van der Waals surface area contributed by atoms with Crippen LogP contribution in [-0.2, 0) is 11.3 Å². The van der Waals surface area contributed by atoms with Crippen molar-refractivity contribution >= 4 is 11.8 Å². The molecule has 1 heterocycles. The van der Waals surface area contributed by atoms with Gasteiger partial charge in [-0.1, -0.05) is 56.3 Å². The second-order valence-corrected chi connectivity index (χ2v) is 7.14. The van der Waals surface area contributed by atoms with Crippen molar-refractivity contribution in [3.05, 3.63) is 65.7 Å². The van der Waals surface area contributed by atoms with Gasteiger partial charge in [0.2, 0.25) is 11.7 Å². The van der Waals surface area contributed by atoms with Crippen LogP contribution in [0.5, 0.6) is 0 Å². The summed E-state index contributed by atoms with van der Waals surface area (Å²) in [4.78, 5) is 25.4. The van der Waals surface area contributed by atoms with Crippen molar-refractivity contribution in [1.82, 2.24) is 31.1 Å². The quantitative estimate of drug-likeness (QED) is 0.602. The smallest absolute Gasteiger partial charge is 0.269 e. The molecule has 8 nitrogen and oxygen atoms in total. The fraction of sp³-hybridized carbons (Fsp3) is 0.286. The summed E-state index contributed by atoms with van der Waals surface area (Å²) in [6.45, 7) is 4.53. The van der Waals surface area contributed by atoms with E-state index in [-0.39, 0.29) is 11.8 Å². The summed E-state index contributed by atoms with van der Waals surface area (Å²) in [6.07, 6.45) is 1.16. The molecule has 0 aliphatic rings. The zero-order valence-corrected chi connectivity index (χ0v) is 16.5. The van der Waals surface area contributed by atoms with Gasteiger partial charge in [0.15, 0.2) is 0 Å². The van der Waals surface area contributed by atoms with Gasteiger partial charge in [-0.25, -0.2) is 0 Å². The Morgan fingerprint density at radius 1 is 1.00 bits per heavy atom. The molecule has 0 bridgehead atoms. The topological polar surface area (TPSA) is 102 Å². The number of benzene rings is 2. The summed E-state index contributed by atoms with van der Waals surface area (Å²) in [5.74, 6) is 0.442. The van der Waals surface area contributed by atoms with Gasteiger partial charge in [0, 0.05) is 17.5 Å². The first-order valence-corrected chi connectivity index (χ1v) is 9.52. The number of hydrazine groups is 1. The Hall–Kier alpha value is -3.55. The van der Waals surface area contributed by atoms with Gasteiger partial charge in [-0.05, 0) is 35.2 Å². The zero-order valence-electron chi connectivity index (χ0n) is 16.5. The molecule has 2 N–H and O–H groups in total. The van der Waals surface area contributed by atoms with Crippen LogP contribution in [0.3, 0.4) is 0 Å². The molecule has 0 aliphatic heterocycles. The molecule has 0 spiro atoms. The van der Waals surface area contributed by atoms with Crippen LogP contribution < -0.4 is 10.9 Å². The maximum atomic E-state index is 12.2. The maximum absolute atomic E-state index is 12.2. The first kappa shape index (κ1) is 20.2. The van der Waals surface area contributed by atoms with Crippen LogP contribution in [0.1, 0.15) is 42.6 Å². The lowest BCUT2D eigenvalue weighted by atomic mass is 10.1. The van der Waals surface area contributed by atoms with Crippen molar-refractivity contribution in [1.29, 1.82) is 0 Å². The maximum Gasteiger partial charge on any atom is 0.269 e. The highest BCUT2D eigenvalue weighted by molar-refractivity contribution is 5.95. The lowest BCUT2D eigenvalue weighted by Gasteiger charge is -2.09. The molecule has 0 atom stereocenters. The Labute approximate surface area is 169 Å². The van der Waals surface area contributed by atoms with Crippen LogP contribution in [0.25, 0.3) is 11.4 Å². The van der Waals surface area contributed by atoms with E-state index in [9.17, 15) is 9.59 Å². The highest BCUT2D eigenvalue weighted by Gasteiger charge is 2.09. The molecule has 1 aromatic heterocycles. The minimum atomic E-state index is -0.361. The average Bonchev–Trinajstić information content (AvgIpc) is 3.20. The van der Waals surface area contributed by atoms with E-state index in [1.807, 2.05) is 56.3 Å². The van der Waals surface area contributed by atoms with Crippen molar-refractivity contribution in [3.63, 3.8) is 0 Å². The Bertz CT molecular complexity index is 951. The lowest BCUT2D eigenvalue weighted by molar-refractivity contribution is -0.122. The lowest BCUT2D eigenvalue weighted by Crippen LogP contribution is -2.41. The molecule has 0 unspecified atom stereocenters. The van der Waals surface area contributed by atoms with Gasteiger partial charge >= 0.3 is 0 Å². The molecule has 3 aromatic rings. The molecule has 0 saturated heterocycles. The molecule has 0 saturated carbocycles. The second-order valence-electron chi connectivity index (χ2n) is 7.14. The molecule has 29 heavy (non-hydrogen) atoms. The SMILES string of the molecule is CC(C)CCC(=O)NNC(=O)c1ccc(Cn2nnc(-c3ccccc3)n2)cc1. The van der Waals surface area contributed by atoms with Gasteiger partial charge in [-0.2, -0.15) is 4.80 Å². The average molecular weight is 392 g/mol. The van der Waals surface area contributed by atoms with E-state index in [1.165, 1.54) is 4.80 Å². The molecule has 150 valence electrons. The Morgan fingerprint density at radius 2 is 1.72 bits per heavy atom. The standard InChI is InChI=1S/C21H24N6O2/c1-15(2)8-13-19(28)22-24-21(29)18-11-9-16(10-12-18)14-27-25-20(23-26-27)17-6-4-3-5-7-17/h3-7,9-12,15H,8,13-14H2,1-2H3,(H,22,28)(H,24,29). The number of nitrogens with zero attached hydrogens (tertiary/aromatic N) is 4. The highest BCUT2D eigenvalue weighted by atomic mass is 16.2. The first-order valence-electron chi connectivity index (χ1n) is 9.52. The fourth-order valence-electron chi connectivity index (χ4n) is 2.62. The number of hydrogen-bond acceptors (Lipinski definition) is 5. The van der Waals surface area contributed by atoms with Crippen LogP contribution in [0, 0.1) is 5.92 Å². The van der Waals surface area contributed by atoms with Crippen molar-refractivity contribution in [2.24, 2.45) is 5.92 Å². The van der Waals surface area contributed by atoms with E-state index in [4.69, 9.17) is 0 Å².